The first-order valence-corrected chi connectivity index (χ1v) is 8.68. The SMILES string of the molecule is CCCCc1ccccc1NS(=O)(=O)c1cnn(CC)c1. The van der Waals surface area contributed by atoms with Crippen LogP contribution in [0.1, 0.15) is 32.3 Å². The van der Waals surface area contributed by atoms with Gasteiger partial charge in [-0.15, -0.1) is 0 Å². The van der Waals surface area contributed by atoms with E-state index in [0.29, 0.717) is 12.2 Å². The van der Waals surface area contributed by atoms with Crippen LogP contribution in [-0.2, 0) is 23.0 Å². The number of sulfonamides is 1. The molecule has 5 nitrogen and oxygen atoms in total. The summed E-state index contributed by atoms with van der Waals surface area (Å²) in [5.41, 5.74) is 1.67. The van der Waals surface area contributed by atoms with Crippen molar-refractivity contribution in [2.45, 2.75) is 44.6 Å². The first kappa shape index (κ1) is 15.6. The highest BCUT2D eigenvalue weighted by Gasteiger charge is 2.17. The van der Waals surface area contributed by atoms with Crippen molar-refractivity contribution in [3.05, 3.63) is 42.2 Å². The highest BCUT2D eigenvalue weighted by atomic mass is 32.2. The molecule has 0 unspecified atom stereocenters. The highest BCUT2D eigenvalue weighted by Crippen LogP contribution is 2.21. The second-order valence-electron chi connectivity index (χ2n) is 4.90. The Labute approximate surface area is 126 Å². The van der Waals surface area contributed by atoms with E-state index in [1.165, 1.54) is 12.4 Å². The lowest BCUT2D eigenvalue weighted by molar-refractivity contribution is 0.600. The third-order valence-electron chi connectivity index (χ3n) is 3.31. The molecule has 6 heteroatoms. The molecular weight excluding hydrogens is 286 g/mol. The van der Waals surface area contributed by atoms with E-state index in [-0.39, 0.29) is 4.90 Å². The third kappa shape index (κ3) is 3.85. The van der Waals surface area contributed by atoms with Crippen LogP contribution in [0.5, 0.6) is 0 Å². The summed E-state index contributed by atoms with van der Waals surface area (Å²) < 4.78 is 29.0. The molecule has 2 rings (SSSR count). The first-order valence-electron chi connectivity index (χ1n) is 7.20. The summed E-state index contributed by atoms with van der Waals surface area (Å²) in [7, 11) is -3.58. The molecule has 1 N–H and O–H groups in total. The molecule has 0 saturated carbocycles. The molecule has 0 aliphatic carbocycles. The maximum absolute atomic E-state index is 12.4. The summed E-state index contributed by atoms with van der Waals surface area (Å²) in [4.78, 5) is 0.189. The Morgan fingerprint density at radius 3 is 2.67 bits per heavy atom. The van der Waals surface area contributed by atoms with Gasteiger partial charge in [-0.1, -0.05) is 31.5 Å². The van der Waals surface area contributed by atoms with Crippen LogP contribution in [0.25, 0.3) is 0 Å². The number of unbranched alkanes of at least 4 members (excludes halogenated alkanes) is 1. The molecule has 2 aromatic rings. The highest BCUT2D eigenvalue weighted by molar-refractivity contribution is 7.92. The minimum atomic E-state index is -3.58. The molecule has 0 spiro atoms. The van der Waals surface area contributed by atoms with Gasteiger partial charge in [-0.05, 0) is 31.4 Å². The average molecular weight is 307 g/mol. The summed E-state index contributed by atoms with van der Waals surface area (Å²) in [5.74, 6) is 0. The predicted molar refractivity (Wildman–Crippen MR) is 83.8 cm³/mol. The zero-order chi connectivity index (χ0) is 15.3. The standard InChI is InChI=1S/C15H21N3O2S/c1-3-5-8-13-9-6-7-10-15(13)17-21(19,20)14-11-16-18(4-2)12-14/h6-7,9-12,17H,3-5,8H2,1-2H3. The van der Waals surface area contributed by atoms with Crippen molar-refractivity contribution in [3.8, 4) is 0 Å². The molecule has 1 aromatic heterocycles. The zero-order valence-electron chi connectivity index (χ0n) is 12.4. The smallest absolute Gasteiger partial charge is 0.265 e. The van der Waals surface area contributed by atoms with Crippen molar-refractivity contribution in [2.24, 2.45) is 0 Å². The van der Waals surface area contributed by atoms with Crippen molar-refractivity contribution < 1.29 is 8.42 Å². The zero-order valence-corrected chi connectivity index (χ0v) is 13.2. The molecule has 0 aliphatic heterocycles. The van der Waals surface area contributed by atoms with Crippen molar-refractivity contribution >= 4 is 15.7 Å². The van der Waals surface area contributed by atoms with Gasteiger partial charge >= 0.3 is 0 Å². The molecule has 1 heterocycles. The lowest BCUT2D eigenvalue weighted by Crippen LogP contribution is -2.13. The summed E-state index contributed by atoms with van der Waals surface area (Å²) >= 11 is 0. The number of nitrogens with zero attached hydrogens (tertiary/aromatic N) is 2. The molecule has 114 valence electrons. The third-order valence-corrected chi connectivity index (χ3v) is 4.63. The second-order valence-corrected chi connectivity index (χ2v) is 6.58. The van der Waals surface area contributed by atoms with Gasteiger partial charge in [-0.3, -0.25) is 9.40 Å². The summed E-state index contributed by atoms with van der Waals surface area (Å²) in [6.45, 7) is 4.67. The van der Waals surface area contributed by atoms with Gasteiger partial charge in [-0.2, -0.15) is 5.10 Å². The van der Waals surface area contributed by atoms with Gasteiger partial charge in [0.1, 0.15) is 4.90 Å². The first-order chi connectivity index (χ1) is 10.1. The maximum Gasteiger partial charge on any atom is 0.265 e. The van der Waals surface area contributed by atoms with Crippen molar-refractivity contribution in [3.63, 3.8) is 0 Å². The van der Waals surface area contributed by atoms with E-state index < -0.39 is 10.0 Å². The summed E-state index contributed by atoms with van der Waals surface area (Å²) in [6, 6.07) is 7.52. The van der Waals surface area contributed by atoms with Gasteiger partial charge in [0, 0.05) is 12.7 Å². The topological polar surface area (TPSA) is 64.0 Å². The lowest BCUT2D eigenvalue weighted by Gasteiger charge is -2.11. The molecule has 0 atom stereocenters. The number of aryl methyl sites for hydroxylation is 2. The Morgan fingerprint density at radius 1 is 1.24 bits per heavy atom. The number of nitrogens with one attached hydrogen (secondary N) is 1. The van der Waals surface area contributed by atoms with E-state index in [0.717, 1.165) is 24.8 Å². The van der Waals surface area contributed by atoms with Crippen LogP contribution in [0, 0.1) is 0 Å². The van der Waals surface area contributed by atoms with Gasteiger partial charge in [0.15, 0.2) is 0 Å². The van der Waals surface area contributed by atoms with Crippen LogP contribution in [0.15, 0.2) is 41.6 Å². The minimum absolute atomic E-state index is 0.189. The predicted octanol–water partition coefficient (Wildman–Crippen LogP) is 3.05. The monoisotopic (exact) mass is 307 g/mol. The largest absolute Gasteiger partial charge is 0.279 e. The Hall–Kier alpha value is -1.82. The van der Waals surface area contributed by atoms with E-state index in [1.807, 2.05) is 25.1 Å². The Bertz CT molecular complexity index is 692. The lowest BCUT2D eigenvalue weighted by atomic mass is 10.1. The van der Waals surface area contributed by atoms with Gasteiger partial charge in [0.2, 0.25) is 0 Å². The van der Waals surface area contributed by atoms with E-state index in [4.69, 9.17) is 0 Å². The van der Waals surface area contributed by atoms with Crippen LogP contribution in [-0.4, -0.2) is 18.2 Å². The van der Waals surface area contributed by atoms with Gasteiger partial charge < -0.3 is 0 Å². The maximum atomic E-state index is 12.4. The molecule has 1 aromatic carbocycles. The number of para-hydroxylation sites is 1. The van der Waals surface area contributed by atoms with Gasteiger partial charge in [0.25, 0.3) is 10.0 Å². The number of benzene rings is 1. The Morgan fingerprint density at radius 2 is 2.00 bits per heavy atom. The van der Waals surface area contributed by atoms with Crippen molar-refractivity contribution in [1.82, 2.24) is 9.78 Å². The van der Waals surface area contributed by atoms with Crippen LogP contribution < -0.4 is 4.72 Å². The molecule has 0 radical (unpaired) electrons. The Balaban J connectivity index is 2.24. The summed E-state index contributed by atoms with van der Waals surface area (Å²) in [6.07, 6.45) is 5.89. The number of rotatable bonds is 7. The van der Waals surface area contributed by atoms with Crippen LogP contribution in [0.4, 0.5) is 5.69 Å². The normalized spacial score (nSPS) is 11.5. The number of aromatic nitrogens is 2. The fourth-order valence-electron chi connectivity index (χ4n) is 2.07. The number of anilines is 1. The van der Waals surface area contributed by atoms with Gasteiger partial charge in [-0.25, -0.2) is 8.42 Å². The fourth-order valence-corrected chi connectivity index (χ4v) is 3.12. The number of hydrogen-bond acceptors (Lipinski definition) is 3. The van der Waals surface area contributed by atoms with E-state index in [1.54, 1.807) is 10.7 Å². The minimum Gasteiger partial charge on any atom is -0.279 e. The van der Waals surface area contributed by atoms with Crippen LogP contribution in [0.3, 0.4) is 0 Å². The van der Waals surface area contributed by atoms with Crippen molar-refractivity contribution in [2.75, 3.05) is 4.72 Å². The van der Waals surface area contributed by atoms with Crippen LogP contribution >= 0.6 is 0 Å². The molecule has 0 amide bonds. The van der Waals surface area contributed by atoms with E-state index >= 15 is 0 Å². The Kier molecular flexibility index (Phi) is 5.01. The molecular formula is C15H21N3O2S. The molecule has 21 heavy (non-hydrogen) atoms. The quantitative estimate of drug-likeness (QED) is 0.855. The van der Waals surface area contributed by atoms with E-state index in [2.05, 4.69) is 16.7 Å². The van der Waals surface area contributed by atoms with Gasteiger partial charge in [0.05, 0.1) is 11.9 Å². The molecule has 0 fully saturated rings. The molecule has 0 bridgehead atoms. The average Bonchev–Trinajstić information content (AvgIpc) is 2.96. The molecule has 0 aliphatic rings. The van der Waals surface area contributed by atoms with E-state index in [9.17, 15) is 8.42 Å². The van der Waals surface area contributed by atoms with Crippen LogP contribution in [0.2, 0.25) is 0 Å². The fraction of sp³-hybridized carbons (Fsp3) is 0.400. The molecule has 0 saturated heterocycles. The number of hydrogen-bond donors (Lipinski definition) is 1. The second kappa shape index (κ2) is 6.76. The summed E-state index contributed by atoms with van der Waals surface area (Å²) in [5, 5.41) is 4.01. The van der Waals surface area contributed by atoms with Crippen molar-refractivity contribution in [1.29, 1.82) is 0 Å².